The fraction of sp³-hybridized carbons (Fsp3) is 0.0667. The number of halogens is 1. The molecule has 3 rings (SSSR count). The van der Waals surface area contributed by atoms with Gasteiger partial charge in [0.05, 0.1) is 0 Å². The monoisotopic (exact) mass is 348 g/mol. The van der Waals surface area contributed by atoms with Gasteiger partial charge in [0, 0.05) is 22.1 Å². The van der Waals surface area contributed by atoms with Gasteiger partial charge in [0.1, 0.15) is 5.52 Å². The van der Waals surface area contributed by atoms with Crippen LogP contribution in [-0.2, 0) is 7.05 Å². The molecule has 0 radical (unpaired) electrons. The molecule has 2 nitrogen and oxygen atoms in total. The summed E-state index contributed by atoms with van der Waals surface area (Å²) in [6.45, 7) is 0. The van der Waals surface area contributed by atoms with Gasteiger partial charge in [-0.2, -0.15) is 0 Å². The van der Waals surface area contributed by atoms with Gasteiger partial charge in [0.25, 0.3) is 0 Å². The Bertz CT molecular complexity index is 666. The Balaban J connectivity index is 0.00000120. The first-order valence-electron chi connectivity index (χ1n) is 5.66. The van der Waals surface area contributed by atoms with E-state index in [0.29, 0.717) is 0 Å². The third-order valence-electron chi connectivity index (χ3n) is 2.90. The SMILES string of the molecule is C[n+]1nc2ccccc2cc1-c1ccccc1.[I-]. The van der Waals surface area contributed by atoms with Crippen LogP contribution in [0.15, 0.2) is 60.7 Å². The molecule has 0 fully saturated rings. The van der Waals surface area contributed by atoms with Crippen molar-refractivity contribution in [2.45, 2.75) is 0 Å². The van der Waals surface area contributed by atoms with Gasteiger partial charge in [0.2, 0.25) is 5.69 Å². The predicted octanol–water partition coefficient (Wildman–Crippen LogP) is -0.270. The van der Waals surface area contributed by atoms with Crippen LogP contribution in [-0.4, -0.2) is 5.10 Å². The molecule has 3 aromatic rings. The minimum atomic E-state index is 0. The third-order valence-corrected chi connectivity index (χ3v) is 2.90. The van der Waals surface area contributed by atoms with Gasteiger partial charge < -0.3 is 24.0 Å². The molecule has 0 aliphatic rings. The van der Waals surface area contributed by atoms with Crippen molar-refractivity contribution in [3.63, 3.8) is 0 Å². The van der Waals surface area contributed by atoms with E-state index >= 15 is 0 Å². The summed E-state index contributed by atoms with van der Waals surface area (Å²) in [6.07, 6.45) is 0. The summed E-state index contributed by atoms with van der Waals surface area (Å²) in [4.78, 5) is 0. The normalized spacial score (nSPS) is 10.1. The van der Waals surface area contributed by atoms with Crippen molar-refractivity contribution in [2.24, 2.45) is 7.05 Å². The van der Waals surface area contributed by atoms with Crippen LogP contribution in [0.2, 0.25) is 0 Å². The Morgan fingerprint density at radius 3 is 2.33 bits per heavy atom. The Morgan fingerprint density at radius 2 is 1.56 bits per heavy atom. The molecule has 2 aromatic carbocycles. The number of aryl methyl sites for hydroxylation is 1. The van der Waals surface area contributed by atoms with Gasteiger partial charge in [-0.1, -0.05) is 41.1 Å². The first-order chi connectivity index (χ1) is 8.34. The summed E-state index contributed by atoms with van der Waals surface area (Å²) in [5.74, 6) is 0. The van der Waals surface area contributed by atoms with E-state index in [4.69, 9.17) is 0 Å². The van der Waals surface area contributed by atoms with E-state index < -0.39 is 0 Å². The molecule has 18 heavy (non-hydrogen) atoms. The maximum absolute atomic E-state index is 4.57. The van der Waals surface area contributed by atoms with Crippen molar-refractivity contribution in [2.75, 3.05) is 0 Å². The lowest BCUT2D eigenvalue weighted by Gasteiger charge is -2.00. The van der Waals surface area contributed by atoms with Gasteiger partial charge in [-0.15, -0.1) is 0 Å². The van der Waals surface area contributed by atoms with Crippen molar-refractivity contribution < 1.29 is 28.7 Å². The van der Waals surface area contributed by atoms with Crippen LogP contribution in [0.5, 0.6) is 0 Å². The molecular formula is C15H13IN2. The average Bonchev–Trinajstić information content (AvgIpc) is 2.39. The number of benzene rings is 2. The second-order valence-corrected chi connectivity index (χ2v) is 4.08. The van der Waals surface area contributed by atoms with Crippen molar-refractivity contribution in [1.82, 2.24) is 5.10 Å². The number of rotatable bonds is 1. The quantitative estimate of drug-likeness (QED) is 0.437. The fourth-order valence-electron chi connectivity index (χ4n) is 2.04. The number of aromatic nitrogens is 2. The van der Waals surface area contributed by atoms with Crippen molar-refractivity contribution in [3.8, 4) is 11.3 Å². The summed E-state index contributed by atoms with van der Waals surface area (Å²) in [7, 11) is 1.98. The highest BCUT2D eigenvalue weighted by atomic mass is 127. The zero-order valence-electron chi connectivity index (χ0n) is 10.0. The lowest BCUT2D eigenvalue weighted by molar-refractivity contribution is -0.717. The first-order valence-corrected chi connectivity index (χ1v) is 5.66. The molecule has 90 valence electrons. The summed E-state index contributed by atoms with van der Waals surface area (Å²) in [5, 5.41) is 5.74. The number of hydrogen-bond acceptors (Lipinski definition) is 1. The number of hydrogen-bond donors (Lipinski definition) is 0. The molecule has 0 aliphatic carbocycles. The second-order valence-electron chi connectivity index (χ2n) is 4.08. The van der Waals surface area contributed by atoms with E-state index in [0.717, 1.165) is 11.2 Å². The standard InChI is InChI=1S/C15H13N2.HI/c1-17-15(12-7-3-2-4-8-12)11-13-9-5-6-10-14(13)16-17;/h2-11H,1H3;1H/q+1;/p-1. The maximum Gasteiger partial charge on any atom is 0.239 e. The zero-order valence-corrected chi connectivity index (χ0v) is 12.2. The Morgan fingerprint density at radius 1 is 0.889 bits per heavy atom. The van der Waals surface area contributed by atoms with Crippen molar-refractivity contribution in [3.05, 3.63) is 60.7 Å². The van der Waals surface area contributed by atoms with E-state index in [1.165, 1.54) is 10.9 Å². The molecule has 0 N–H and O–H groups in total. The fourth-order valence-corrected chi connectivity index (χ4v) is 2.04. The molecular weight excluding hydrogens is 335 g/mol. The average molecular weight is 348 g/mol. The lowest BCUT2D eigenvalue weighted by atomic mass is 10.1. The highest BCUT2D eigenvalue weighted by Gasteiger charge is 2.12. The third kappa shape index (κ3) is 2.36. The van der Waals surface area contributed by atoms with Crippen molar-refractivity contribution >= 4 is 10.9 Å². The van der Waals surface area contributed by atoms with E-state index in [-0.39, 0.29) is 24.0 Å². The topological polar surface area (TPSA) is 16.8 Å². The van der Waals surface area contributed by atoms with Crippen molar-refractivity contribution in [1.29, 1.82) is 0 Å². The summed E-state index contributed by atoms with van der Waals surface area (Å²) < 4.78 is 1.93. The van der Waals surface area contributed by atoms with Crippen LogP contribution in [0.3, 0.4) is 0 Å². The molecule has 0 amide bonds. The zero-order chi connectivity index (χ0) is 11.7. The summed E-state index contributed by atoms with van der Waals surface area (Å²) in [6, 6.07) is 20.7. The van der Waals surface area contributed by atoms with Crippen LogP contribution >= 0.6 is 0 Å². The van der Waals surface area contributed by atoms with Crippen LogP contribution < -0.4 is 28.7 Å². The molecule has 0 saturated heterocycles. The van der Waals surface area contributed by atoms with Gasteiger partial charge in [0.15, 0.2) is 7.05 Å². The molecule has 0 aliphatic heterocycles. The Kier molecular flexibility index (Phi) is 3.91. The van der Waals surface area contributed by atoms with E-state index in [1.54, 1.807) is 0 Å². The highest BCUT2D eigenvalue weighted by molar-refractivity contribution is 5.80. The van der Waals surface area contributed by atoms with Crippen LogP contribution in [0.25, 0.3) is 22.2 Å². The Hall–Kier alpha value is -1.49. The molecule has 3 heteroatoms. The summed E-state index contributed by atoms with van der Waals surface area (Å²) in [5.41, 5.74) is 3.34. The molecule has 0 atom stereocenters. The van der Waals surface area contributed by atoms with Gasteiger partial charge in [-0.3, -0.25) is 0 Å². The first kappa shape index (κ1) is 13.0. The van der Waals surface area contributed by atoms with Crippen LogP contribution in [0.1, 0.15) is 0 Å². The summed E-state index contributed by atoms with van der Waals surface area (Å²) >= 11 is 0. The molecule has 0 spiro atoms. The van der Waals surface area contributed by atoms with E-state index in [2.05, 4.69) is 29.4 Å². The smallest absolute Gasteiger partial charge is 0.239 e. The minimum Gasteiger partial charge on any atom is -1.00 e. The van der Waals surface area contributed by atoms with Gasteiger partial charge >= 0.3 is 0 Å². The Labute approximate surface area is 123 Å². The van der Waals surface area contributed by atoms with E-state index in [9.17, 15) is 0 Å². The maximum atomic E-state index is 4.57. The van der Waals surface area contributed by atoms with Gasteiger partial charge in [-0.25, -0.2) is 0 Å². The van der Waals surface area contributed by atoms with Crippen LogP contribution in [0.4, 0.5) is 0 Å². The molecule has 0 saturated carbocycles. The predicted molar refractivity (Wildman–Crippen MR) is 68.4 cm³/mol. The largest absolute Gasteiger partial charge is 1.00 e. The molecule has 1 heterocycles. The van der Waals surface area contributed by atoms with Gasteiger partial charge in [-0.05, 0) is 18.2 Å². The van der Waals surface area contributed by atoms with Crippen LogP contribution in [0, 0.1) is 0 Å². The number of nitrogens with zero attached hydrogens (tertiary/aromatic N) is 2. The highest BCUT2D eigenvalue weighted by Crippen LogP contribution is 2.18. The molecule has 0 unspecified atom stereocenters. The van der Waals surface area contributed by atoms with E-state index in [1.807, 2.05) is 48.1 Å². The lowest BCUT2D eigenvalue weighted by Crippen LogP contribution is -3.00. The second kappa shape index (κ2) is 5.44. The number of fused-ring (bicyclic) bond motifs is 1. The molecule has 0 bridgehead atoms. The molecule has 1 aromatic heterocycles. The minimum absolute atomic E-state index is 0.